The lowest BCUT2D eigenvalue weighted by atomic mass is 10.1. The van der Waals surface area contributed by atoms with Crippen molar-refractivity contribution in [2.75, 3.05) is 64.4 Å². The average molecular weight is 468 g/mol. The van der Waals surface area contributed by atoms with Crippen molar-refractivity contribution in [1.29, 1.82) is 0 Å². The van der Waals surface area contributed by atoms with Gasteiger partial charge in [0.1, 0.15) is 0 Å². The third-order valence-corrected chi connectivity index (χ3v) is 6.61. The summed E-state index contributed by atoms with van der Waals surface area (Å²) in [4.78, 5) is 19.4. The van der Waals surface area contributed by atoms with Crippen LogP contribution < -0.4 is 9.64 Å². The van der Waals surface area contributed by atoms with Crippen LogP contribution in [0, 0.1) is 5.82 Å². The van der Waals surface area contributed by atoms with E-state index in [4.69, 9.17) is 9.47 Å². The van der Waals surface area contributed by atoms with Crippen molar-refractivity contribution in [3.63, 3.8) is 0 Å². The maximum atomic E-state index is 14.0. The van der Waals surface area contributed by atoms with Gasteiger partial charge in [-0.2, -0.15) is 0 Å². The predicted octanol–water partition coefficient (Wildman–Crippen LogP) is 4.14. The lowest BCUT2D eigenvalue weighted by molar-refractivity contribution is 0.0245. The number of hydrogen-bond acceptors (Lipinski definition) is 5. The molecule has 2 heterocycles. The molecule has 34 heavy (non-hydrogen) atoms. The summed E-state index contributed by atoms with van der Waals surface area (Å²) in [5.41, 5.74) is 2.76. The number of carbonyl (C=O) groups excluding carboxylic acids is 1. The van der Waals surface area contributed by atoms with Gasteiger partial charge in [-0.1, -0.05) is 18.2 Å². The van der Waals surface area contributed by atoms with E-state index < -0.39 is 5.82 Å². The molecule has 0 spiro atoms. The van der Waals surface area contributed by atoms with Crippen LogP contribution in [0.15, 0.2) is 55.1 Å². The molecule has 2 aliphatic rings. The molecule has 0 radical (unpaired) electrons. The van der Waals surface area contributed by atoms with Gasteiger partial charge in [-0.25, -0.2) is 4.39 Å². The molecule has 1 amide bonds. The molecule has 1 unspecified atom stereocenters. The van der Waals surface area contributed by atoms with E-state index in [0.717, 1.165) is 32.7 Å². The summed E-state index contributed by atoms with van der Waals surface area (Å²) in [6.45, 7) is 9.91. The number of amides is 1. The second kappa shape index (κ2) is 11.5. The van der Waals surface area contributed by atoms with Crippen molar-refractivity contribution in [2.45, 2.75) is 18.9 Å². The number of piperazine rings is 1. The third-order valence-electron chi connectivity index (χ3n) is 6.61. The Kier molecular flexibility index (Phi) is 8.19. The van der Waals surface area contributed by atoms with Crippen molar-refractivity contribution in [3.05, 3.63) is 72.1 Å². The summed E-state index contributed by atoms with van der Waals surface area (Å²) >= 11 is 0. The second-order valence-corrected chi connectivity index (χ2v) is 8.84. The van der Waals surface area contributed by atoms with Gasteiger partial charge in [0.15, 0.2) is 11.6 Å². The lowest BCUT2D eigenvalue weighted by Crippen LogP contribution is -2.49. The van der Waals surface area contributed by atoms with Crippen molar-refractivity contribution >= 4 is 11.6 Å². The number of halogens is 1. The Morgan fingerprint density at radius 2 is 1.85 bits per heavy atom. The van der Waals surface area contributed by atoms with Crippen molar-refractivity contribution in [2.24, 2.45) is 0 Å². The van der Waals surface area contributed by atoms with Crippen LogP contribution in [0.2, 0.25) is 0 Å². The van der Waals surface area contributed by atoms with Crippen molar-refractivity contribution in [1.82, 2.24) is 9.80 Å². The zero-order valence-electron chi connectivity index (χ0n) is 19.9. The molecule has 0 N–H and O–H groups in total. The summed E-state index contributed by atoms with van der Waals surface area (Å²) in [5, 5.41) is 0. The van der Waals surface area contributed by atoms with Crippen LogP contribution in [0.1, 0.15) is 34.9 Å². The van der Waals surface area contributed by atoms with E-state index in [-0.39, 0.29) is 17.8 Å². The molecular weight excluding hydrogens is 433 g/mol. The zero-order valence-corrected chi connectivity index (χ0v) is 19.9. The highest BCUT2D eigenvalue weighted by molar-refractivity contribution is 5.94. The first-order valence-corrected chi connectivity index (χ1v) is 12.0. The van der Waals surface area contributed by atoms with Gasteiger partial charge < -0.3 is 19.3 Å². The zero-order chi connectivity index (χ0) is 23.9. The highest BCUT2D eigenvalue weighted by Crippen LogP contribution is 2.27. The third kappa shape index (κ3) is 5.77. The first kappa shape index (κ1) is 24.2. The topological polar surface area (TPSA) is 45.3 Å². The summed E-state index contributed by atoms with van der Waals surface area (Å²) in [5.74, 6) is -0.537. The maximum Gasteiger partial charge on any atom is 0.254 e. The first-order valence-electron chi connectivity index (χ1n) is 12.0. The summed E-state index contributed by atoms with van der Waals surface area (Å²) < 4.78 is 25.2. The van der Waals surface area contributed by atoms with Crippen LogP contribution in [0.3, 0.4) is 0 Å². The quantitative estimate of drug-likeness (QED) is 0.519. The van der Waals surface area contributed by atoms with Crippen LogP contribution >= 0.6 is 0 Å². The summed E-state index contributed by atoms with van der Waals surface area (Å²) in [7, 11) is 1.41. The minimum atomic E-state index is -0.523. The minimum absolute atomic E-state index is 0.0708. The van der Waals surface area contributed by atoms with E-state index >= 15 is 0 Å². The van der Waals surface area contributed by atoms with Crippen LogP contribution in [0.25, 0.3) is 0 Å². The number of rotatable bonds is 9. The molecule has 2 aliphatic heterocycles. The number of ether oxygens (including phenoxy) is 2. The molecule has 2 aromatic rings. The molecule has 2 saturated heterocycles. The monoisotopic (exact) mass is 467 g/mol. The van der Waals surface area contributed by atoms with Crippen LogP contribution in [0.5, 0.6) is 5.75 Å². The summed E-state index contributed by atoms with van der Waals surface area (Å²) in [6, 6.07) is 13.0. The first-order chi connectivity index (χ1) is 16.6. The molecule has 2 fully saturated rings. The average Bonchev–Trinajstić information content (AvgIpc) is 3.42. The number of hydrogen-bond donors (Lipinski definition) is 0. The van der Waals surface area contributed by atoms with E-state index in [1.165, 1.54) is 43.3 Å². The van der Waals surface area contributed by atoms with E-state index in [1.54, 1.807) is 17.0 Å². The molecule has 1 atom stereocenters. The largest absolute Gasteiger partial charge is 0.494 e. The van der Waals surface area contributed by atoms with Gasteiger partial charge >= 0.3 is 0 Å². The molecule has 7 heteroatoms. The minimum Gasteiger partial charge on any atom is -0.494 e. The molecule has 2 aromatic carbocycles. The second-order valence-electron chi connectivity index (χ2n) is 8.84. The molecule has 0 bridgehead atoms. The van der Waals surface area contributed by atoms with Gasteiger partial charge in [-0.15, -0.1) is 6.58 Å². The fourth-order valence-electron chi connectivity index (χ4n) is 4.69. The van der Waals surface area contributed by atoms with Gasteiger partial charge in [0, 0.05) is 57.1 Å². The fourth-order valence-corrected chi connectivity index (χ4v) is 4.69. The normalized spacial score (nSPS) is 17.6. The molecular formula is C27H34FN3O3. The Morgan fingerprint density at radius 3 is 2.53 bits per heavy atom. The van der Waals surface area contributed by atoms with E-state index in [9.17, 15) is 9.18 Å². The van der Waals surface area contributed by atoms with Crippen molar-refractivity contribution in [3.8, 4) is 5.75 Å². The molecule has 182 valence electrons. The standard InChI is InChI=1S/C27H34FN3O3/c1-3-17-34-26(21-7-6-8-23(18-21)30-11-4-5-12-30)20-29-13-15-31(16-14-29)27(32)22-9-10-25(33-2)24(28)19-22/h3,6-10,18-19,26H,1,4-5,11-17,20H2,2H3. The molecule has 4 rings (SSSR count). The van der Waals surface area contributed by atoms with Crippen LogP contribution in [-0.2, 0) is 4.74 Å². The number of methoxy groups -OCH3 is 1. The van der Waals surface area contributed by atoms with E-state index in [2.05, 4.69) is 40.6 Å². The Morgan fingerprint density at radius 1 is 1.09 bits per heavy atom. The molecule has 6 nitrogen and oxygen atoms in total. The Balaban J connectivity index is 1.37. The maximum absolute atomic E-state index is 14.0. The van der Waals surface area contributed by atoms with Crippen molar-refractivity contribution < 1.29 is 18.7 Å². The Bertz CT molecular complexity index is 985. The lowest BCUT2D eigenvalue weighted by Gasteiger charge is -2.36. The predicted molar refractivity (Wildman–Crippen MR) is 132 cm³/mol. The van der Waals surface area contributed by atoms with E-state index in [0.29, 0.717) is 25.3 Å². The number of carbonyl (C=O) groups is 1. The Hall–Kier alpha value is -2.90. The SMILES string of the molecule is C=CCOC(CN1CCN(C(=O)c2ccc(OC)c(F)c2)CC1)c1cccc(N2CCCC2)c1. The number of anilines is 1. The van der Waals surface area contributed by atoms with Crippen LogP contribution in [0.4, 0.5) is 10.1 Å². The number of benzene rings is 2. The smallest absolute Gasteiger partial charge is 0.254 e. The number of nitrogens with zero attached hydrogens (tertiary/aromatic N) is 3. The highest BCUT2D eigenvalue weighted by atomic mass is 19.1. The van der Waals surface area contributed by atoms with Gasteiger partial charge in [-0.05, 0) is 48.7 Å². The van der Waals surface area contributed by atoms with E-state index in [1.807, 2.05) is 0 Å². The van der Waals surface area contributed by atoms with Gasteiger partial charge in [0.2, 0.25) is 0 Å². The van der Waals surface area contributed by atoms with Gasteiger partial charge in [0.25, 0.3) is 5.91 Å². The molecule has 0 saturated carbocycles. The fraction of sp³-hybridized carbons (Fsp3) is 0.444. The molecule has 0 aromatic heterocycles. The Labute approximate surface area is 201 Å². The van der Waals surface area contributed by atoms with Gasteiger partial charge in [0.05, 0.1) is 19.8 Å². The highest BCUT2D eigenvalue weighted by Gasteiger charge is 2.26. The summed E-state index contributed by atoms with van der Waals surface area (Å²) in [6.07, 6.45) is 4.19. The molecule has 0 aliphatic carbocycles. The van der Waals surface area contributed by atoms with Gasteiger partial charge in [-0.3, -0.25) is 9.69 Å². The van der Waals surface area contributed by atoms with Crippen LogP contribution in [-0.4, -0.2) is 75.2 Å².